The molecule has 9 nitrogen and oxygen atoms in total. The van der Waals surface area contributed by atoms with Crippen LogP contribution in [0.4, 0.5) is 17.4 Å². The molecule has 0 saturated heterocycles. The van der Waals surface area contributed by atoms with Crippen LogP contribution in [0.15, 0.2) is 95.5 Å². The van der Waals surface area contributed by atoms with Gasteiger partial charge in [-0.2, -0.15) is 4.98 Å². The molecular formula is C33H31N5O4. The Morgan fingerprint density at radius 3 is 2.52 bits per heavy atom. The number of nitrogens with zero attached hydrogens (tertiary/aromatic N) is 3. The monoisotopic (exact) mass is 561 g/mol. The number of pyridine rings is 1. The SMILES string of the molecule is Cc1ccnc(CCCN(CC(=O)Nc2ccc(C=O)cc2)C(=O)Cc2ccc3nc(Nc4ccccc4)oc3c2)c1. The molecule has 0 spiro atoms. The van der Waals surface area contributed by atoms with Gasteiger partial charge in [-0.1, -0.05) is 24.3 Å². The number of fused-ring (bicyclic) bond motifs is 1. The van der Waals surface area contributed by atoms with Gasteiger partial charge in [0.2, 0.25) is 11.8 Å². The van der Waals surface area contributed by atoms with E-state index >= 15 is 0 Å². The molecule has 0 aliphatic heterocycles. The molecule has 0 unspecified atom stereocenters. The van der Waals surface area contributed by atoms with Gasteiger partial charge >= 0.3 is 0 Å². The number of hydrogen-bond donors (Lipinski definition) is 2. The molecule has 9 heteroatoms. The van der Waals surface area contributed by atoms with Crippen molar-refractivity contribution in [2.24, 2.45) is 0 Å². The predicted octanol–water partition coefficient (Wildman–Crippen LogP) is 5.73. The number of aromatic nitrogens is 2. The van der Waals surface area contributed by atoms with E-state index in [1.54, 1.807) is 41.4 Å². The van der Waals surface area contributed by atoms with Crippen LogP contribution in [0.5, 0.6) is 0 Å². The standard InChI is InChI=1S/C33H31N5O4/c1-23-15-16-34-28(18-23)8-5-17-38(21-31(40)35-27-12-9-24(22-39)10-13-27)32(41)20-25-11-14-29-30(19-25)42-33(37-29)36-26-6-3-2-4-7-26/h2-4,6-7,9-16,18-19,22H,5,8,17,20-21H2,1H3,(H,35,40)(H,36,37). The van der Waals surface area contributed by atoms with E-state index in [4.69, 9.17) is 4.42 Å². The van der Waals surface area contributed by atoms with Crippen LogP contribution in [0.1, 0.15) is 33.6 Å². The Kier molecular flexibility index (Phi) is 8.98. The molecule has 212 valence electrons. The molecule has 0 saturated carbocycles. The molecule has 0 aliphatic carbocycles. The van der Waals surface area contributed by atoms with E-state index in [0.29, 0.717) is 47.8 Å². The number of aldehydes is 1. The first-order valence-electron chi connectivity index (χ1n) is 13.7. The molecule has 2 amide bonds. The minimum absolute atomic E-state index is 0.0993. The normalized spacial score (nSPS) is 10.8. The number of anilines is 3. The first kappa shape index (κ1) is 28.2. The van der Waals surface area contributed by atoms with Gasteiger partial charge < -0.3 is 20.0 Å². The third kappa shape index (κ3) is 7.66. The summed E-state index contributed by atoms with van der Waals surface area (Å²) in [6.07, 6.45) is 3.95. The van der Waals surface area contributed by atoms with Gasteiger partial charge in [0, 0.05) is 35.4 Å². The predicted molar refractivity (Wildman–Crippen MR) is 162 cm³/mol. The minimum atomic E-state index is -0.321. The third-order valence-corrected chi connectivity index (χ3v) is 6.68. The van der Waals surface area contributed by atoms with Gasteiger partial charge in [-0.25, -0.2) is 0 Å². The van der Waals surface area contributed by atoms with Crippen molar-refractivity contribution in [2.75, 3.05) is 23.7 Å². The molecule has 3 aromatic carbocycles. The Balaban J connectivity index is 1.26. The summed E-state index contributed by atoms with van der Waals surface area (Å²) in [5.41, 5.74) is 5.98. The zero-order valence-electron chi connectivity index (χ0n) is 23.2. The molecule has 0 atom stereocenters. The fourth-order valence-corrected chi connectivity index (χ4v) is 4.56. The van der Waals surface area contributed by atoms with Gasteiger partial charge in [0.05, 0.1) is 13.0 Å². The third-order valence-electron chi connectivity index (χ3n) is 6.68. The summed E-state index contributed by atoms with van der Waals surface area (Å²) in [7, 11) is 0. The smallest absolute Gasteiger partial charge is 0.300 e. The Labute approximate surface area is 243 Å². The van der Waals surface area contributed by atoms with E-state index in [9.17, 15) is 14.4 Å². The van der Waals surface area contributed by atoms with E-state index in [0.717, 1.165) is 28.8 Å². The van der Waals surface area contributed by atoms with Crippen LogP contribution in [-0.2, 0) is 22.4 Å². The maximum atomic E-state index is 13.5. The zero-order valence-corrected chi connectivity index (χ0v) is 23.2. The highest BCUT2D eigenvalue weighted by molar-refractivity contribution is 5.95. The molecule has 5 rings (SSSR count). The van der Waals surface area contributed by atoms with E-state index in [1.807, 2.05) is 61.5 Å². The van der Waals surface area contributed by atoms with E-state index in [-0.39, 0.29) is 24.8 Å². The van der Waals surface area contributed by atoms with Gasteiger partial charge in [0.1, 0.15) is 11.8 Å². The molecular weight excluding hydrogens is 530 g/mol. The van der Waals surface area contributed by atoms with Crippen LogP contribution in [0.2, 0.25) is 0 Å². The maximum Gasteiger partial charge on any atom is 0.300 e. The topological polar surface area (TPSA) is 117 Å². The lowest BCUT2D eigenvalue weighted by Crippen LogP contribution is -2.39. The number of amides is 2. The summed E-state index contributed by atoms with van der Waals surface area (Å²) in [5, 5.41) is 5.95. The Morgan fingerprint density at radius 1 is 0.952 bits per heavy atom. The Morgan fingerprint density at radius 2 is 1.76 bits per heavy atom. The van der Waals surface area contributed by atoms with Gasteiger partial charge in [0.15, 0.2) is 5.58 Å². The fraction of sp³-hybridized carbons (Fsp3) is 0.182. The second-order valence-electron chi connectivity index (χ2n) is 10.0. The number of aryl methyl sites for hydroxylation is 2. The van der Waals surface area contributed by atoms with Crippen LogP contribution in [-0.4, -0.2) is 46.1 Å². The molecule has 2 heterocycles. The van der Waals surface area contributed by atoms with Crippen molar-refractivity contribution in [3.63, 3.8) is 0 Å². The van der Waals surface area contributed by atoms with Crippen LogP contribution < -0.4 is 10.6 Å². The number of nitrogens with one attached hydrogen (secondary N) is 2. The summed E-state index contributed by atoms with van der Waals surface area (Å²) in [4.78, 5) is 47.8. The molecule has 0 fully saturated rings. The number of hydrogen-bond acceptors (Lipinski definition) is 7. The van der Waals surface area contributed by atoms with Crippen LogP contribution >= 0.6 is 0 Å². The van der Waals surface area contributed by atoms with Crippen molar-refractivity contribution >= 4 is 46.6 Å². The fourth-order valence-electron chi connectivity index (χ4n) is 4.56. The van der Waals surface area contributed by atoms with Crippen molar-refractivity contribution in [1.82, 2.24) is 14.9 Å². The van der Waals surface area contributed by atoms with E-state index in [2.05, 4.69) is 20.6 Å². The lowest BCUT2D eigenvalue weighted by Gasteiger charge is -2.22. The number of oxazole rings is 1. The van der Waals surface area contributed by atoms with Crippen molar-refractivity contribution in [2.45, 2.75) is 26.2 Å². The largest absolute Gasteiger partial charge is 0.423 e. The number of carbonyl (C=O) groups excluding carboxylic acids is 3. The summed E-state index contributed by atoms with van der Waals surface area (Å²) in [6, 6.07) is 26.0. The number of benzene rings is 3. The summed E-state index contributed by atoms with van der Waals surface area (Å²) in [5.74, 6) is -0.502. The Hall–Kier alpha value is -5.31. The van der Waals surface area contributed by atoms with E-state index < -0.39 is 0 Å². The number of rotatable bonds is 12. The highest BCUT2D eigenvalue weighted by Crippen LogP contribution is 2.23. The quantitative estimate of drug-likeness (QED) is 0.187. The zero-order chi connectivity index (χ0) is 29.3. The lowest BCUT2D eigenvalue weighted by atomic mass is 10.1. The molecule has 0 radical (unpaired) electrons. The number of para-hydroxylation sites is 1. The molecule has 42 heavy (non-hydrogen) atoms. The second-order valence-corrected chi connectivity index (χ2v) is 10.0. The van der Waals surface area contributed by atoms with Crippen molar-refractivity contribution < 1.29 is 18.8 Å². The van der Waals surface area contributed by atoms with Gasteiger partial charge in [-0.3, -0.25) is 19.4 Å². The molecule has 2 aromatic heterocycles. The highest BCUT2D eigenvalue weighted by atomic mass is 16.4. The second kappa shape index (κ2) is 13.4. The molecule has 0 bridgehead atoms. The lowest BCUT2D eigenvalue weighted by molar-refractivity contribution is -0.134. The van der Waals surface area contributed by atoms with Crippen LogP contribution in [0.25, 0.3) is 11.1 Å². The van der Waals surface area contributed by atoms with Gasteiger partial charge in [-0.15, -0.1) is 0 Å². The summed E-state index contributed by atoms with van der Waals surface area (Å²) >= 11 is 0. The summed E-state index contributed by atoms with van der Waals surface area (Å²) < 4.78 is 5.89. The molecule has 5 aromatic rings. The van der Waals surface area contributed by atoms with Crippen molar-refractivity contribution in [3.8, 4) is 0 Å². The Bertz CT molecular complexity index is 1680. The highest BCUT2D eigenvalue weighted by Gasteiger charge is 2.19. The average molecular weight is 562 g/mol. The average Bonchev–Trinajstić information content (AvgIpc) is 3.39. The van der Waals surface area contributed by atoms with Crippen LogP contribution in [0.3, 0.4) is 0 Å². The van der Waals surface area contributed by atoms with Gasteiger partial charge in [0.25, 0.3) is 6.01 Å². The molecule has 0 aliphatic rings. The number of carbonyl (C=O) groups is 3. The summed E-state index contributed by atoms with van der Waals surface area (Å²) in [6.45, 7) is 2.30. The maximum absolute atomic E-state index is 13.5. The van der Waals surface area contributed by atoms with Gasteiger partial charge in [-0.05, 0) is 91.6 Å². The minimum Gasteiger partial charge on any atom is -0.423 e. The first-order valence-corrected chi connectivity index (χ1v) is 13.7. The first-order chi connectivity index (χ1) is 20.4. The van der Waals surface area contributed by atoms with Crippen molar-refractivity contribution in [1.29, 1.82) is 0 Å². The van der Waals surface area contributed by atoms with Crippen molar-refractivity contribution in [3.05, 3.63) is 114 Å². The van der Waals surface area contributed by atoms with Crippen LogP contribution in [0, 0.1) is 6.92 Å². The van der Waals surface area contributed by atoms with E-state index in [1.165, 1.54) is 0 Å². The molecule has 2 N–H and O–H groups in total.